The molecular weight excluding hydrogens is 422 g/mol. The first-order chi connectivity index (χ1) is 14.6. The fourth-order valence-electron chi connectivity index (χ4n) is 3.33. The van der Waals surface area contributed by atoms with Gasteiger partial charge in [0.2, 0.25) is 5.75 Å². The number of rotatable bonds is 9. The van der Waals surface area contributed by atoms with E-state index >= 15 is 0 Å². The minimum atomic E-state index is 0.241. The predicted octanol–water partition coefficient (Wildman–Crippen LogP) is 5.31. The molecule has 0 saturated carbocycles. The molecule has 0 unspecified atom stereocenters. The third-order valence-electron chi connectivity index (χ3n) is 4.79. The van der Waals surface area contributed by atoms with Crippen molar-refractivity contribution in [3.63, 3.8) is 0 Å². The second-order valence-corrected chi connectivity index (χ2v) is 9.49. The normalized spacial score (nSPS) is 18.2. The highest BCUT2D eigenvalue weighted by molar-refractivity contribution is 8.19. The molecule has 0 aliphatic carbocycles. The zero-order valence-electron chi connectivity index (χ0n) is 18.0. The summed E-state index contributed by atoms with van der Waals surface area (Å²) < 4.78 is 28.0. The van der Waals surface area contributed by atoms with E-state index in [-0.39, 0.29) is 9.83 Å². The highest BCUT2D eigenvalue weighted by Gasteiger charge is 2.31. The second kappa shape index (κ2) is 10.3. The van der Waals surface area contributed by atoms with E-state index in [0.717, 1.165) is 23.3 Å². The molecule has 1 aliphatic rings. The number of nitrogens with two attached hydrogens (primary N) is 1. The van der Waals surface area contributed by atoms with Crippen molar-refractivity contribution in [2.45, 2.75) is 23.2 Å². The molecule has 6 nitrogen and oxygen atoms in total. The summed E-state index contributed by atoms with van der Waals surface area (Å²) in [5.74, 6) is 4.21. The smallest absolute Gasteiger partial charge is 0.203 e. The number of benzene rings is 2. The van der Waals surface area contributed by atoms with Crippen LogP contribution in [0, 0.1) is 0 Å². The van der Waals surface area contributed by atoms with E-state index in [1.807, 2.05) is 47.8 Å². The average Bonchev–Trinajstić information content (AvgIpc) is 3.27. The zero-order chi connectivity index (χ0) is 21.7. The van der Waals surface area contributed by atoms with E-state index in [4.69, 9.17) is 29.4 Å². The molecule has 0 amide bonds. The minimum absolute atomic E-state index is 0.241. The lowest BCUT2D eigenvalue weighted by Gasteiger charge is -2.18. The van der Waals surface area contributed by atoms with Crippen LogP contribution in [-0.4, -0.2) is 40.8 Å². The summed E-state index contributed by atoms with van der Waals surface area (Å²) in [6.07, 6.45) is 0.912. The van der Waals surface area contributed by atoms with Gasteiger partial charge < -0.3 is 29.4 Å². The summed E-state index contributed by atoms with van der Waals surface area (Å²) in [6, 6.07) is 8.08. The van der Waals surface area contributed by atoms with Crippen molar-refractivity contribution in [3.8, 4) is 28.7 Å². The molecule has 0 spiro atoms. The molecule has 30 heavy (non-hydrogen) atoms. The first-order valence-electron chi connectivity index (χ1n) is 9.73. The Morgan fingerprint density at radius 3 is 2.03 bits per heavy atom. The second-order valence-electron chi connectivity index (χ2n) is 6.74. The van der Waals surface area contributed by atoms with Crippen molar-refractivity contribution in [1.82, 2.24) is 0 Å². The van der Waals surface area contributed by atoms with Gasteiger partial charge in [0, 0.05) is 11.0 Å². The van der Waals surface area contributed by atoms with E-state index in [1.165, 1.54) is 0 Å². The Labute approximate surface area is 186 Å². The van der Waals surface area contributed by atoms with Crippen LogP contribution in [0.5, 0.6) is 28.7 Å². The molecular formula is C22H29NO5S2. The monoisotopic (exact) mass is 451 g/mol. The van der Waals surface area contributed by atoms with Crippen molar-refractivity contribution in [1.29, 1.82) is 0 Å². The zero-order valence-corrected chi connectivity index (χ0v) is 19.7. The van der Waals surface area contributed by atoms with Gasteiger partial charge in [0.15, 0.2) is 23.0 Å². The summed E-state index contributed by atoms with van der Waals surface area (Å²) in [7, 11) is 6.53. The molecule has 0 aromatic heterocycles. The number of methoxy groups -OCH3 is 4. The molecule has 2 atom stereocenters. The SMILES string of the molecule is CCCOc1c(N)cc([C@@H]2SC[C@@H](c3cc(OC)c(OC)c(OC)c3)S2)cc1OC. The number of anilines is 1. The summed E-state index contributed by atoms with van der Waals surface area (Å²) in [4.78, 5) is 0. The van der Waals surface area contributed by atoms with Gasteiger partial charge in [-0.3, -0.25) is 0 Å². The van der Waals surface area contributed by atoms with Gasteiger partial charge in [-0.25, -0.2) is 0 Å². The molecule has 0 radical (unpaired) electrons. The fraction of sp³-hybridized carbons (Fsp3) is 0.455. The van der Waals surface area contributed by atoms with Crippen LogP contribution in [0.2, 0.25) is 0 Å². The highest BCUT2D eigenvalue weighted by Crippen LogP contribution is 2.58. The van der Waals surface area contributed by atoms with E-state index in [0.29, 0.717) is 41.0 Å². The summed E-state index contributed by atoms with van der Waals surface area (Å²) in [6.45, 7) is 2.67. The molecule has 1 heterocycles. The number of nitrogen functional groups attached to an aromatic ring is 1. The lowest BCUT2D eigenvalue weighted by molar-refractivity contribution is 0.296. The van der Waals surface area contributed by atoms with Crippen molar-refractivity contribution < 1.29 is 23.7 Å². The van der Waals surface area contributed by atoms with Crippen LogP contribution in [0.3, 0.4) is 0 Å². The van der Waals surface area contributed by atoms with Gasteiger partial charge in [0.25, 0.3) is 0 Å². The van der Waals surface area contributed by atoms with E-state index in [2.05, 4.69) is 6.92 Å². The summed E-state index contributed by atoms with van der Waals surface area (Å²) in [5, 5.41) is 0.289. The maximum absolute atomic E-state index is 6.29. The Morgan fingerprint density at radius 2 is 1.47 bits per heavy atom. The van der Waals surface area contributed by atoms with Gasteiger partial charge in [-0.15, -0.1) is 23.5 Å². The maximum Gasteiger partial charge on any atom is 0.203 e. The quantitative estimate of drug-likeness (QED) is 0.514. The number of hydrogen-bond donors (Lipinski definition) is 1. The molecule has 3 rings (SSSR count). The standard InChI is InChI=1S/C22H29NO5S2/c1-6-7-28-20-15(23)8-14(11-16(20)24-2)22-29-12-19(30-22)13-9-17(25-3)21(27-5)18(10-13)26-4/h8-11,19,22H,6-7,12,23H2,1-5H3/t19-,22+/m0/s1. The number of ether oxygens (including phenoxy) is 5. The Hall–Kier alpha value is -2.06. The van der Waals surface area contributed by atoms with Crippen molar-refractivity contribution >= 4 is 29.2 Å². The van der Waals surface area contributed by atoms with E-state index < -0.39 is 0 Å². The third-order valence-corrected chi connectivity index (χ3v) is 8.13. The Bertz CT molecular complexity index is 852. The topological polar surface area (TPSA) is 72.2 Å². The van der Waals surface area contributed by atoms with Crippen LogP contribution >= 0.6 is 23.5 Å². The van der Waals surface area contributed by atoms with Gasteiger partial charge in [0.05, 0.1) is 45.3 Å². The van der Waals surface area contributed by atoms with E-state index in [9.17, 15) is 0 Å². The largest absolute Gasteiger partial charge is 0.493 e. The molecule has 0 bridgehead atoms. The van der Waals surface area contributed by atoms with Crippen molar-refractivity contribution in [2.75, 3.05) is 46.5 Å². The number of thioether (sulfide) groups is 2. The molecule has 2 aromatic carbocycles. The lowest BCUT2D eigenvalue weighted by atomic mass is 10.1. The van der Waals surface area contributed by atoms with Gasteiger partial charge in [0.1, 0.15) is 0 Å². The maximum atomic E-state index is 6.29. The molecule has 2 aromatic rings. The Balaban J connectivity index is 1.84. The molecule has 164 valence electrons. The first kappa shape index (κ1) is 22.6. The summed E-state index contributed by atoms with van der Waals surface area (Å²) >= 11 is 3.76. The van der Waals surface area contributed by atoms with Crippen LogP contribution in [0.25, 0.3) is 0 Å². The van der Waals surface area contributed by atoms with E-state index in [1.54, 1.807) is 28.4 Å². The van der Waals surface area contributed by atoms with Crippen LogP contribution in [-0.2, 0) is 0 Å². The third kappa shape index (κ3) is 4.64. The van der Waals surface area contributed by atoms with Gasteiger partial charge >= 0.3 is 0 Å². The molecule has 1 aliphatic heterocycles. The van der Waals surface area contributed by atoms with Crippen LogP contribution < -0.4 is 29.4 Å². The molecule has 2 N–H and O–H groups in total. The lowest BCUT2D eigenvalue weighted by Crippen LogP contribution is -2.03. The van der Waals surface area contributed by atoms with Crippen molar-refractivity contribution in [3.05, 3.63) is 35.4 Å². The van der Waals surface area contributed by atoms with Gasteiger partial charge in [-0.05, 0) is 41.8 Å². The Kier molecular flexibility index (Phi) is 7.77. The van der Waals surface area contributed by atoms with Crippen molar-refractivity contribution in [2.24, 2.45) is 0 Å². The van der Waals surface area contributed by atoms with Crippen LogP contribution in [0.4, 0.5) is 5.69 Å². The molecule has 1 fully saturated rings. The Morgan fingerprint density at radius 1 is 0.867 bits per heavy atom. The van der Waals surface area contributed by atoms with Gasteiger partial charge in [-0.2, -0.15) is 0 Å². The summed E-state index contributed by atoms with van der Waals surface area (Å²) in [5.41, 5.74) is 9.16. The van der Waals surface area contributed by atoms with Crippen LogP contribution in [0.15, 0.2) is 24.3 Å². The molecule has 8 heteroatoms. The highest BCUT2D eigenvalue weighted by atomic mass is 32.2. The van der Waals surface area contributed by atoms with Gasteiger partial charge in [-0.1, -0.05) is 6.92 Å². The minimum Gasteiger partial charge on any atom is -0.493 e. The molecule has 1 saturated heterocycles. The number of hydrogen-bond acceptors (Lipinski definition) is 8. The first-order valence-corrected chi connectivity index (χ1v) is 11.7. The average molecular weight is 452 g/mol. The fourth-order valence-corrected chi connectivity index (χ4v) is 6.59. The predicted molar refractivity (Wildman–Crippen MR) is 125 cm³/mol. The van der Waals surface area contributed by atoms with Crippen LogP contribution in [0.1, 0.15) is 34.3 Å².